The highest BCUT2D eigenvalue weighted by molar-refractivity contribution is 7.98. The van der Waals surface area contributed by atoms with Crippen LogP contribution in [0.3, 0.4) is 0 Å². The summed E-state index contributed by atoms with van der Waals surface area (Å²) in [5, 5.41) is 8.63. The number of fused-ring (bicyclic) bond motifs is 1. The van der Waals surface area contributed by atoms with E-state index in [1.54, 1.807) is 23.9 Å². The Labute approximate surface area is 196 Å². The molecule has 1 aliphatic carbocycles. The van der Waals surface area contributed by atoms with Crippen LogP contribution < -0.4 is 10.1 Å². The number of halogens is 1. The molecule has 0 amide bonds. The standard InChI is InChI=1S/C25H25FN4O2S/c1-25(2)12-19-21(20(31)13-25)22(15-8-6-9-17(11-15)32-3)30-23(27-19)28-24(29-30)33-14-16-7-4-5-10-18(16)26/h4-11,22H,12-14H2,1-3H3,(H,27,28,29). The Morgan fingerprint density at radius 1 is 1.21 bits per heavy atom. The Morgan fingerprint density at radius 2 is 2.03 bits per heavy atom. The van der Waals surface area contributed by atoms with Crippen LogP contribution in [-0.2, 0) is 10.5 Å². The molecule has 1 unspecified atom stereocenters. The van der Waals surface area contributed by atoms with Crippen LogP contribution in [0.5, 0.6) is 5.75 Å². The van der Waals surface area contributed by atoms with Gasteiger partial charge in [0.2, 0.25) is 11.1 Å². The number of ether oxygens (including phenoxy) is 1. The number of methoxy groups -OCH3 is 1. The number of ketones is 1. The molecule has 8 heteroatoms. The average Bonchev–Trinajstić information content (AvgIpc) is 3.18. The highest BCUT2D eigenvalue weighted by atomic mass is 32.2. The summed E-state index contributed by atoms with van der Waals surface area (Å²) in [6.45, 7) is 4.21. The molecule has 2 aliphatic rings. The fraction of sp³-hybridized carbons (Fsp3) is 0.320. The predicted molar refractivity (Wildman–Crippen MR) is 126 cm³/mol. The second kappa shape index (κ2) is 8.33. The first-order valence-electron chi connectivity index (χ1n) is 10.8. The molecule has 1 N–H and O–H groups in total. The van der Waals surface area contributed by atoms with Crippen LogP contribution >= 0.6 is 11.8 Å². The van der Waals surface area contributed by atoms with Crippen molar-refractivity contribution in [3.05, 3.63) is 76.7 Å². The monoisotopic (exact) mass is 464 g/mol. The van der Waals surface area contributed by atoms with E-state index < -0.39 is 6.04 Å². The minimum Gasteiger partial charge on any atom is -0.497 e. The molecule has 0 fully saturated rings. The summed E-state index contributed by atoms with van der Waals surface area (Å²) in [6, 6.07) is 14.0. The van der Waals surface area contributed by atoms with Gasteiger partial charge in [0.05, 0.1) is 7.11 Å². The molecule has 0 bridgehead atoms. The molecule has 1 aliphatic heterocycles. The van der Waals surface area contributed by atoms with Crippen molar-refractivity contribution in [1.82, 2.24) is 14.8 Å². The largest absolute Gasteiger partial charge is 0.497 e. The molecule has 6 nitrogen and oxygen atoms in total. The van der Waals surface area contributed by atoms with Crippen LogP contribution in [0.15, 0.2) is 65.0 Å². The summed E-state index contributed by atoms with van der Waals surface area (Å²) in [7, 11) is 1.62. The minimum atomic E-state index is -0.398. The van der Waals surface area contributed by atoms with Gasteiger partial charge in [0.25, 0.3) is 0 Å². The van der Waals surface area contributed by atoms with Crippen LogP contribution in [0.25, 0.3) is 0 Å². The SMILES string of the molecule is COc1cccc(C2C3=C(CC(C)(C)CC3=O)Nc3nc(SCc4ccccc4F)nn32)c1. The van der Waals surface area contributed by atoms with Crippen LogP contribution in [0.2, 0.25) is 0 Å². The molecule has 2 heterocycles. The predicted octanol–water partition coefficient (Wildman–Crippen LogP) is 5.38. The normalized spacial score (nSPS) is 19.0. The Kier molecular flexibility index (Phi) is 5.48. The molecule has 1 atom stereocenters. The molecule has 0 saturated carbocycles. The Hall–Kier alpha value is -3.13. The number of nitrogens with zero attached hydrogens (tertiary/aromatic N) is 3. The number of benzene rings is 2. The number of hydrogen-bond acceptors (Lipinski definition) is 6. The highest BCUT2D eigenvalue weighted by Gasteiger charge is 2.42. The van der Waals surface area contributed by atoms with Crippen molar-refractivity contribution in [1.29, 1.82) is 0 Å². The van der Waals surface area contributed by atoms with E-state index >= 15 is 0 Å². The number of hydrogen-bond donors (Lipinski definition) is 1. The van der Waals surface area contributed by atoms with Crippen molar-refractivity contribution in [2.24, 2.45) is 5.41 Å². The first-order chi connectivity index (χ1) is 15.8. The zero-order valence-electron chi connectivity index (χ0n) is 18.8. The lowest BCUT2D eigenvalue weighted by Crippen LogP contribution is -2.36. The van der Waals surface area contributed by atoms with Gasteiger partial charge in [-0.15, -0.1) is 5.10 Å². The molecular formula is C25H25FN4O2S. The van der Waals surface area contributed by atoms with Gasteiger partial charge < -0.3 is 10.1 Å². The second-order valence-corrected chi connectivity index (χ2v) is 10.1. The van der Waals surface area contributed by atoms with E-state index in [1.807, 2.05) is 30.3 Å². The van der Waals surface area contributed by atoms with Crippen molar-refractivity contribution < 1.29 is 13.9 Å². The number of thioether (sulfide) groups is 1. The van der Waals surface area contributed by atoms with E-state index in [9.17, 15) is 9.18 Å². The van der Waals surface area contributed by atoms with E-state index in [-0.39, 0.29) is 17.0 Å². The van der Waals surface area contributed by atoms with Gasteiger partial charge in [-0.1, -0.05) is 55.9 Å². The summed E-state index contributed by atoms with van der Waals surface area (Å²) in [5.41, 5.74) is 3.00. The quantitative estimate of drug-likeness (QED) is 0.512. The van der Waals surface area contributed by atoms with Crippen molar-refractivity contribution in [3.63, 3.8) is 0 Å². The number of aromatic nitrogens is 3. The third kappa shape index (κ3) is 4.15. The fourth-order valence-corrected chi connectivity index (χ4v) is 5.34. The molecule has 33 heavy (non-hydrogen) atoms. The molecule has 0 radical (unpaired) electrons. The van der Waals surface area contributed by atoms with Gasteiger partial charge in [-0.25, -0.2) is 9.07 Å². The smallest absolute Gasteiger partial charge is 0.227 e. The maximum Gasteiger partial charge on any atom is 0.227 e. The molecule has 5 rings (SSSR count). The van der Waals surface area contributed by atoms with Crippen molar-refractivity contribution in [3.8, 4) is 5.75 Å². The lowest BCUT2D eigenvalue weighted by atomic mass is 9.73. The van der Waals surface area contributed by atoms with Gasteiger partial charge >= 0.3 is 0 Å². The number of rotatable bonds is 5. The number of Topliss-reactive ketones (excluding diaryl/α,β-unsaturated/α-hetero) is 1. The van der Waals surface area contributed by atoms with E-state index in [2.05, 4.69) is 24.1 Å². The zero-order chi connectivity index (χ0) is 23.2. The molecule has 0 spiro atoms. The first kappa shape index (κ1) is 21.7. The summed E-state index contributed by atoms with van der Waals surface area (Å²) < 4.78 is 21.3. The second-order valence-electron chi connectivity index (χ2n) is 9.18. The van der Waals surface area contributed by atoms with Crippen molar-refractivity contribution in [2.75, 3.05) is 12.4 Å². The molecule has 3 aromatic rings. The van der Waals surface area contributed by atoms with E-state index in [1.165, 1.54) is 17.8 Å². The van der Waals surface area contributed by atoms with Crippen molar-refractivity contribution >= 4 is 23.5 Å². The Morgan fingerprint density at radius 3 is 2.82 bits per heavy atom. The van der Waals surface area contributed by atoms with E-state index in [4.69, 9.17) is 9.84 Å². The first-order valence-corrected chi connectivity index (χ1v) is 11.8. The minimum absolute atomic E-state index is 0.114. The van der Waals surface area contributed by atoms with Gasteiger partial charge in [0, 0.05) is 23.4 Å². The lowest BCUT2D eigenvalue weighted by Gasteiger charge is -2.38. The third-order valence-corrected chi connectivity index (χ3v) is 6.92. The Bertz CT molecular complexity index is 1270. The number of carbonyl (C=O) groups excluding carboxylic acids is 1. The van der Waals surface area contributed by atoms with E-state index in [0.29, 0.717) is 34.6 Å². The van der Waals surface area contributed by atoms with Crippen LogP contribution in [0.1, 0.15) is 43.9 Å². The van der Waals surface area contributed by atoms with Gasteiger partial charge in [0.15, 0.2) is 5.78 Å². The molecular weight excluding hydrogens is 439 g/mol. The third-order valence-electron chi connectivity index (χ3n) is 6.04. The molecule has 1 aromatic heterocycles. The number of anilines is 1. The summed E-state index contributed by atoms with van der Waals surface area (Å²) in [6.07, 6.45) is 1.23. The fourth-order valence-electron chi connectivity index (χ4n) is 4.53. The maximum absolute atomic E-state index is 14.1. The van der Waals surface area contributed by atoms with Gasteiger partial charge in [-0.2, -0.15) is 4.98 Å². The van der Waals surface area contributed by atoms with Crippen LogP contribution in [-0.4, -0.2) is 27.7 Å². The van der Waals surface area contributed by atoms with Crippen LogP contribution in [0.4, 0.5) is 10.3 Å². The van der Waals surface area contributed by atoms with Gasteiger partial charge in [-0.05, 0) is 41.2 Å². The number of allylic oxidation sites excluding steroid dienone is 2. The zero-order valence-corrected chi connectivity index (χ0v) is 19.6. The van der Waals surface area contributed by atoms with Crippen molar-refractivity contribution in [2.45, 2.75) is 43.6 Å². The number of carbonyl (C=O) groups is 1. The summed E-state index contributed by atoms with van der Waals surface area (Å²) in [4.78, 5) is 18.0. The Balaban J connectivity index is 1.55. The highest BCUT2D eigenvalue weighted by Crippen LogP contribution is 2.46. The summed E-state index contributed by atoms with van der Waals surface area (Å²) >= 11 is 1.37. The summed E-state index contributed by atoms with van der Waals surface area (Å²) in [5.74, 6) is 1.59. The lowest BCUT2D eigenvalue weighted by molar-refractivity contribution is -0.118. The van der Waals surface area contributed by atoms with Crippen LogP contribution in [0, 0.1) is 11.2 Å². The van der Waals surface area contributed by atoms with Gasteiger partial charge in [0.1, 0.15) is 17.6 Å². The number of nitrogens with one attached hydrogen (secondary N) is 1. The maximum atomic E-state index is 14.1. The molecule has 0 saturated heterocycles. The topological polar surface area (TPSA) is 69.0 Å². The average molecular weight is 465 g/mol. The molecule has 2 aromatic carbocycles. The van der Waals surface area contributed by atoms with Gasteiger partial charge in [-0.3, -0.25) is 4.79 Å². The molecule has 170 valence electrons. The van der Waals surface area contributed by atoms with E-state index in [0.717, 1.165) is 23.3 Å².